The summed E-state index contributed by atoms with van der Waals surface area (Å²) in [7, 11) is 1.50. The molecule has 17 heavy (non-hydrogen) atoms. The Morgan fingerprint density at radius 1 is 0.588 bits per heavy atom. The van der Waals surface area contributed by atoms with Gasteiger partial charge in [0.15, 0.2) is 0 Å². The Morgan fingerprint density at radius 3 is 1.00 bits per heavy atom. The van der Waals surface area contributed by atoms with Crippen LogP contribution in [0.25, 0.3) is 0 Å². The van der Waals surface area contributed by atoms with Crippen LogP contribution in [-0.2, 0) is 0 Å². The summed E-state index contributed by atoms with van der Waals surface area (Å²) in [5, 5.41) is 0. The summed E-state index contributed by atoms with van der Waals surface area (Å²) in [5.41, 5.74) is 4.50. The van der Waals surface area contributed by atoms with Gasteiger partial charge in [-0.25, -0.2) is 0 Å². The number of nitrogens with two attached hydrogens (primary N) is 1. The molecule has 1 rings (SSSR count). The average molecular weight is 245 g/mol. The summed E-state index contributed by atoms with van der Waals surface area (Å²) in [6, 6.07) is 0. The van der Waals surface area contributed by atoms with Crippen molar-refractivity contribution in [1.29, 1.82) is 0 Å². The average Bonchev–Trinajstić information content (AvgIpc) is 2.99. The Morgan fingerprint density at radius 2 is 0.824 bits per heavy atom. The monoisotopic (exact) mass is 245 g/mol. The Hall–Kier alpha value is -0.0400. The Kier molecular flexibility index (Phi) is 38.8. The maximum absolute atomic E-state index is 4.50. The second kappa shape index (κ2) is 29.7. The highest BCUT2D eigenvalue weighted by molar-refractivity contribution is 4.51. The molecule has 0 aromatic rings. The fourth-order valence-electron chi connectivity index (χ4n) is 1.74. The second-order valence-corrected chi connectivity index (χ2v) is 4.18. The van der Waals surface area contributed by atoms with Crippen molar-refractivity contribution in [2.24, 2.45) is 5.73 Å². The summed E-state index contributed by atoms with van der Waals surface area (Å²) < 4.78 is 0. The van der Waals surface area contributed by atoms with E-state index in [1.165, 1.54) is 77.7 Å². The molecule has 1 aliphatic carbocycles. The van der Waals surface area contributed by atoms with Crippen molar-refractivity contribution in [3.05, 3.63) is 0 Å². The third-order valence-electron chi connectivity index (χ3n) is 2.71. The fourth-order valence-corrected chi connectivity index (χ4v) is 1.74. The number of hydrogen-bond acceptors (Lipinski definition) is 1. The van der Waals surface area contributed by atoms with Gasteiger partial charge in [0.1, 0.15) is 0 Å². The molecule has 0 aromatic heterocycles. The first-order valence-corrected chi connectivity index (χ1v) is 7.99. The van der Waals surface area contributed by atoms with E-state index in [0.717, 1.165) is 0 Å². The highest BCUT2D eigenvalue weighted by Gasteiger charge is 1.95. The van der Waals surface area contributed by atoms with E-state index in [9.17, 15) is 0 Å². The molecule has 0 atom stereocenters. The van der Waals surface area contributed by atoms with Crippen molar-refractivity contribution < 1.29 is 0 Å². The van der Waals surface area contributed by atoms with E-state index in [4.69, 9.17) is 0 Å². The lowest BCUT2D eigenvalue weighted by Crippen LogP contribution is -1.73. The number of unbranched alkanes of at least 4 members (excludes halogenated alkanes) is 5. The molecular formula is C16H39N. The quantitative estimate of drug-likeness (QED) is 0.598. The van der Waals surface area contributed by atoms with Gasteiger partial charge in [-0.3, -0.25) is 0 Å². The van der Waals surface area contributed by atoms with E-state index in [1.807, 2.05) is 13.8 Å². The predicted molar refractivity (Wildman–Crippen MR) is 83.6 cm³/mol. The predicted octanol–water partition coefficient (Wildman–Crippen LogP) is 5.92. The van der Waals surface area contributed by atoms with E-state index in [2.05, 4.69) is 19.6 Å². The molecule has 0 bridgehead atoms. The van der Waals surface area contributed by atoms with Crippen LogP contribution >= 0.6 is 0 Å². The lowest BCUT2D eigenvalue weighted by atomic mass is 10.1. The fraction of sp³-hybridized carbons (Fsp3) is 1.00. The molecule has 0 unspecified atom stereocenters. The lowest BCUT2D eigenvalue weighted by Gasteiger charge is -1.93. The highest BCUT2D eigenvalue weighted by atomic mass is 14.4. The van der Waals surface area contributed by atoms with Crippen LogP contribution in [0.4, 0.5) is 0 Å². The van der Waals surface area contributed by atoms with Gasteiger partial charge in [-0.1, -0.05) is 98.3 Å². The first-order valence-electron chi connectivity index (χ1n) is 7.99. The summed E-state index contributed by atoms with van der Waals surface area (Å²) >= 11 is 0. The molecule has 0 saturated heterocycles. The molecule has 0 aromatic carbocycles. The van der Waals surface area contributed by atoms with Gasteiger partial charge in [-0.15, -0.1) is 0 Å². The van der Waals surface area contributed by atoms with E-state index in [-0.39, 0.29) is 0 Å². The summed E-state index contributed by atoms with van der Waals surface area (Å²) in [6.07, 6.45) is 16.0. The van der Waals surface area contributed by atoms with E-state index < -0.39 is 0 Å². The van der Waals surface area contributed by atoms with Crippen molar-refractivity contribution in [2.75, 3.05) is 7.05 Å². The largest absolute Gasteiger partial charge is 0.333 e. The van der Waals surface area contributed by atoms with Crippen molar-refractivity contribution in [1.82, 2.24) is 0 Å². The Balaban J connectivity index is -0.000000186. The van der Waals surface area contributed by atoms with Crippen LogP contribution in [0.2, 0.25) is 0 Å². The summed E-state index contributed by atoms with van der Waals surface area (Å²) in [6.45, 7) is 8.51. The molecule has 0 aliphatic heterocycles. The molecular weight excluding hydrogens is 206 g/mol. The normalized spacial score (nSPS) is 12.4. The third kappa shape index (κ3) is 31.4. The van der Waals surface area contributed by atoms with Gasteiger partial charge in [0, 0.05) is 0 Å². The molecule has 0 heterocycles. The molecule has 2 N–H and O–H groups in total. The van der Waals surface area contributed by atoms with E-state index in [1.54, 1.807) is 0 Å². The molecule has 108 valence electrons. The second-order valence-electron chi connectivity index (χ2n) is 4.18. The van der Waals surface area contributed by atoms with Crippen LogP contribution < -0.4 is 5.73 Å². The minimum Gasteiger partial charge on any atom is -0.333 e. The zero-order valence-corrected chi connectivity index (χ0v) is 13.4. The van der Waals surface area contributed by atoms with Crippen molar-refractivity contribution in [3.63, 3.8) is 0 Å². The molecule has 1 fully saturated rings. The van der Waals surface area contributed by atoms with E-state index in [0.29, 0.717) is 0 Å². The molecule has 1 saturated carbocycles. The van der Waals surface area contributed by atoms with Gasteiger partial charge in [0.25, 0.3) is 0 Å². The van der Waals surface area contributed by atoms with Crippen molar-refractivity contribution >= 4 is 0 Å². The van der Waals surface area contributed by atoms with Gasteiger partial charge < -0.3 is 5.73 Å². The van der Waals surface area contributed by atoms with Gasteiger partial charge in [-0.05, 0) is 7.05 Å². The zero-order chi connectivity index (χ0) is 13.8. The van der Waals surface area contributed by atoms with Crippen LogP contribution in [0.15, 0.2) is 0 Å². The van der Waals surface area contributed by atoms with Crippen LogP contribution in [-0.4, -0.2) is 7.05 Å². The van der Waals surface area contributed by atoms with Gasteiger partial charge in [0.2, 0.25) is 0 Å². The van der Waals surface area contributed by atoms with E-state index >= 15 is 0 Å². The zero-order valence-electron chi connectivity index (χ0n) is 13.4. The smallest absolute Gasteiger partial charge is 0.0195 e. The van der Waals surface area contributed by atoms with Crippen LogP contribution in [0.1, 0.15) is 98.3 Å². The van der Waals surface area contributed by atoms with Gasteiger partial charge >= 0.3 is 0 Å². The first kappa shape index (κ1) is 22.2. The van der Waals surface area contributed by atoms with Gasteiger partial charge in [0.05, 0.1) is 0 Å². The minimum atomic E-state index is 1.36. The molecule has 1 nitrogen and oxygen atoms in total. The molecule has 1 aliphatic rings. The Bertz CT molecular complexity index is 64.0. The van der Waals surface area contributed by atoms with Crippen molar-refractivity contribution in [2.45, 2.75) is 98.3 Å². The van der Waals surface area contributed by atoms with Crippen molar-refractivity contribution in [3.8, 4) is 0 Å². The highest BCUT2D eigenvalue weighted by Crippen LogP contribution is 2.15. The first-order chi connectivity index (χ1) is 8.41. The topological polar surface area (TPSA) is 26.0 Å². The SMILES string of the molecule is C1CCCC1.CC.CCCCCCCC.CN. The lowest BCUT2D eigenvalue weighted by molar-refractivity contribution is 0.624. The molecule has 0 amide bonds. The minimum absolute atomic E-state index is 1.36. The molecule has 1 heteroatoms. The standard InChI is InChI=1S/C8H18.C5H10.C2H6.CH5N/c1-3-5-7-8-6-4-2;1-2-4-5-3-1;2*1-2/h3-8H2,1-2H3;1-5H2;1-2H3;2H2,1H3. The third-order valence-corrected chi connectivity index (χ3v) is 2.71. The maximum atomic E-state index is 4.50. The van der Waals surface area contributed by atoms with Gasteiger partial charge in [-0.2, -0.15) is 0 Å². The number of hydrogen-bond donors (Lipinski definition) is 1. The van der Waals surface area contributed by atoms with Crippen LogP contribution in [0.5, 0.6) is 0 Å². The summed E-state index contributed by atoms with van der Waals surface area (Å²) in [4.78, 5) is 0. The Labute approximate surface area is 112 Å². The summed E-state index contributed by atoms with van der Waals surface area (Å²) in [5.74, 6) is 0. The van der Waals surface area contributed by atoms with Crippen LogP contribution in [0, 0.1) is 0 Å². The number of rotatable bonds is 5. The van der Waals surface area contributed by atoms with Crippen LogP contribution in [0.3, 0.4) is 0 Å². The molecule has 0 spiro atoms. The molecule has 0 radical (unpaired) electrons. The maximum Gasteiger partial charge on any atom is -0.0195 e.